The number of aromatic hydroxyl groups is 1. The topological polar surface area (TPSA) is 96.9 Å². The molecule has 240 valence electrons. The Bertz CT molecular complexity index is 1860. The van der Waals surface area contributed by atoms with Crippen LogP contribution in [-0.4, -0.2) is 55.7 Å². The first-order valence-electron chi connectivity index (χ1n) is 13.6. The molecule has 0 saturated carbocycles. The number of rotatable bonds is 10. The van der Waals surface area contributed by atoms with Crippen LogP contribution in [0.2, 0.25) is 0 Å². The van der Waals surface area contributed by atoms with Gasteiger partial charge in [-0.2, -0.15) is 26.0 Å². The van der Waals surface area contributed by atoms with Gasteiger partial charge in [0.2, 0.25) is 0 Å². The van der Waals surface area contributed by atoms with Gasteiger partial charge in [0.1, 0.15) is 12.3 Å². The zero-order valence-corrected chi connectivity index (χ0v) is 27.1. The quantitative estimate of drug-likeness (QED) is 0.0793. The molecule has 0 aliphatic heterocycles. The van der Waals surface area contributed by atoms with Crippen molar-refractivity contribution < 1.29 is 49.7 Å². The molecule has 7 nitrogen and oxygen atoms in total. The predicted molar refractivity (Wildman–Crippen MR) is 165 cm³/mol. The lowest BCUT2D eigenvalue weighted by atomic mass is 9.93. The average molecular weight is 685 g/mol. The van der Waals surface area contributed by atoms with Gasteiger partial charge in [-0.1, -0.05) is 0 Å². The van der Waals surface area contributed by atoms with E-state index in [9.17, 15) is 13.5 Å². The molecule has 3 heterocycles. The fraction of sp³-hybridized carbons (Fsp3) is 0.323. The predicted octanol–water partition coefficient (Wildman–Crippen LogP) is 7.22. The molecule has 0 amide bonds. The third-order valence-corrected chi connectivity index (χ3v) is 10.8. The normalized spacial score (nSPS) is 17.3. The fourth-order valence-electron chi connectivity index (χ4n) is 5.57. The molecule has 14 heteroatoms. The number of hydrogen-bond acceptors (Lipinski definition) is 7. The molecular formula is C31H30F4NO6S3+. The molecule has 3 aromatic heterocycles. The van der Waals surface area contributed by atoms with Gasteiger partial charge in [0.25, 0.3) is 15.9 Å². The van der Waals surface area contributed by atoms with E-state index in [1.54, 1.807) is 61.1 Å². The Morgan fingerprint density at radius 3 is 1.80 bits per heavy atom. The van der Waals surface area contributed by atoms with Gasteiger partial charge in [0.15, 0.2) is 12.4 Å². The van der Waals surface area contributed by atoms with Gasteiger partial charge in [-0.3, -0.25) is 4.55 Å². The van der Waals surface area contributed by atoms with Crippen molar-refractivity contribution in [2.75, 3.05) is 20.0 Å². The van der Waals surface area contributed by atoms with Crippen molar-refractivity contribution in [3.05, 3.63) is 81.8 Å². The summed E-state index contributed by atoms with van der Waals surface area (Å²) >= 11 is 2.40. The zero-order valence-electron chi connectivity index (χ0n) is 24.6. The number of phenolic OH excluding ortho intramolecular Hbond substituents is 1. The van der Waals surface area contributed by atoms with Crippen LogP contribution < -0.4 is 4.57 Å². The van der Waals surface area contributed by atoms with E-state index in [2.05, 4.69) is 0 Å². The Morgan fingerprint density at radius 1 is 0.822 bits per heavy atom. The molecule has 0 bridgehead atoms. The number of methoxy groups -OCH3 is 2. The van der Waals surface area contributed by atoms with Crippen LogP contribution in [0.5, 0.6) is 5.75 Å². The van der Waals surface area contributed by atoms with E-state index < -0.39 is 38.9 Å². The molecule has 4 aromatic rings. The number of alkyl halides is 4. The molecule has 0 unspecified atom stereocenters. The van der Waals surface area contributed by atoms with Crippen molar-refractivity contribution >= 4 is 43.9 Å². The summed E-state index contributed by atoms with van der Waals surface area (Å²) < 4.78 is 107. The molecule has 0 spiro atoms. The van der Waals surface area contributed by atoms with E-state index in [-0.39, 0.29) is 29.1 Å². The minimum Gasteiger partial charge on any atom is -0.508 e. The second-order valence-corrected chi connectivity index (χ2v) is 14.7. The van der Waals surface area contributed by atoms with Gasteiger partial charge in [-0.15, -0.1) is 22.7 Å². The maximum atomic E-state index is 16.2. The summed E-state index contributed by atoms with van der Waals surface area (Å²) in [5, 5.41) is 9.68. The lowest BCUT2D eigenvalue weighted by Gasteiger charge is -2.36. The summed E-state index contributed by atoms with van der Waals surface area (Å²) in [6.07, 6.45) is 3.59. The molecule has 5 rings (SSSR count). The number of halogens is 4. The molecule has 1 aliphatic carbocycles. The SMILES string of the molecule is COC1(OC)C(c2cc(-c3cc[n+](CCCS(=O)(=O)O)cc3)sc2C)=C(c2cc(-c3ccc(O)cc3)sc2C)C(F)(F)C1(F)F. The van der Waals surface area contributed by atoms with E-state index in [1.807, 2.05) is 0 Å². The summed E-state index contributed by atoms with van der Waals surface area (Å²) in [5.41, 5.74) is 0.0361. The Hall–Kier alpha value is -3.14. The standard InChI is InChI=1S/C31H29F4NO6S3/c1-18-23(16-25(43-18)20-6-8-22(37)9-7-20)27-28(30(41-3,42-4)31(34,35)29(27,32)33)24-17-26(44-19(24)2)21-10-13-36(14-11-21)12-5-15-45(38,39)40/h6-11,13-14,16-17H,5,12,15H2,1-4H3,(H-,37,38,39,40)/p+1. The highest BCUT2D eigenvalue weighted by Gasteiger charge is 2.79. The molecule has 1 aromatic carbocycles. The van der Waals surface area contributed by atoms with Crippen LogP contribution in [0.25, 0.3) is 32.0 Å². The molecule has 2 N–H and O–H groups in total. The number of pyridine rings is 1. The number of aromatic nitrogens is 1. The van der Waals surface area contributed by atoms with Crippen LogP contribution in [0.1, 0.15) is 27.3 Å². The van der Waals surface area contributed by atoms with Gasteiger partial charge < -0.3 is 14.6 Å². The number of phenols is 1. The van der Waals surface area contributed by atoms with Gasteiger partial charge >= 0.3 is 11.8 Å². The van der Waals surface area contributed by atoms with Crippen molar-refractivity contribution in [1.29, 1.82) is 0 Å². The first kappa shape index (κ1) is 33.2. The van der Waals surface area contributed by atoms with Crippen molar-refractivity contribution in [3.63, 3.8) is 0 Å². The van der Waals surface area contributed by atoms with E-state index in [0.717, 1.165) is 14.2 Å². The van der Waals surface area contributed by atoms with Gasteiger partial charge in [-0.25, -0.2) is 4.57 Å². The summed E-state index contributed by atoms with van der Waals surface area (Å²) in [5.74, 6) is -12.9. The minimum atomic E-state index is -4.78. The number of ether oxygens (including phenoxy) is 2. The lowest BCUT2D eigenvalue weighted by molar-refractivity contribution is -0.696. The maximum absolute atomic E-state index is 16.2. The Morgan fingerprint density at radius 2 is 1.31 bits per heavy atom. The highest BCUT2D eigenvalue weighted by atomic mass is 32.2. The molecule has 1 aliphatic rings. The van der Waals surface area contributed by atoms with Crippen molar-refractivity contribution in [2.24, 2.45) is 0 Å². The number of allylic oxidation sites excluding steroid dienone is 1. The molecule has 0 fully saturated rings. The molecule has 0 radical (unpaired) electrons. The number of nitrogens with zero attached hydrogens (tertiary/aromatic N) is 1. The van der Waals surface area contributed by atoms with Crippen LogP contribution in [0.4, 0.5) is 17.6 Å². The van der Waals surface area contributed by atoms with Crippen LogP contribution in [0.15, 0.2) is 60.9 Å². The number of benzene rings is 1. The highest BCUT2D eigenvalue weighted by molar-refractivity contribution is 7.85. The largest absolute Gasteiger partial charge is 0.508 e. The lowest BCUT2D eigenvalue weighted by Crippen LogP contribution is -2.56. The summed E-state index contributed by atoms with van der Waals surface area (Å²) in [6.45, 7) is 3.56. The second-order valence-electron chi connectivity index (χ2n) is 10.6. The third-order valence-electron chi connectivity index (χ3n) is 7.80. The first-order valence-corrected chi connectivity index (χ1v) is 16.9. The molecule has 0 saturated heterocycles. The molecule has 0 atom stereocenters. The van der Waals surface area contributed by atoms with E-state index in [4.69, 9.17) is 14.0 Å². The van der Waals surface area contributed by atoms with Gasteiger partial charge in [0.05, 0.1) is 5.75 Å². The molecule has 45 heavy (non-hydrogen) atoms. The Kier molecular flexibility index (Phi) is 8.79. The van der Waals surface area contributed by atoms with Crippen LogP contribution >= 0.6 is 22.7 Å². The van der Waals surface area contributed by atoms with E-state index in [1.165, 1.54) is 40.9 Å². The summed E-state index contributed by atoms with van der Waals surface area (Å²) in [4.78, 5) is 2.04. The number of thiophene rings is 2. The van der Waals surface area contributed by atoms with Crippen molar-refractivity contribution in [3.8, 4) is 26.6 Å². The van der Waals surface area contributed by atoms with E-state index in [0.29, 0.717) is 37.2 Å². The minimum absolute atomic E-state index is 0.0262. The summed E-state index contributed by atoms with van der Waals surface area (Å²) in [6, 6.07) is 12.6. The van der Waals surface area contributed by atoms with Gasteiger partial charge in [-0.05, 0) is 66.9 Å². The number of aryl methyl sites for hydroxylation is 3. The summed E-state index contributed by atoms with van der Waals surface area (Å²) in [7, 11) is -2.25. The van der Waals surface area contributed by atoms with E-state index >= 15 is 17.6 Å². The Balaban J connectivity index is 1.65. The van der Waals surface area contributed by atoms with Crippen LogP contribution in [-0.2, 0) is 26.1 Å². The Labute approximate surface area is 265 Å². The smallest absolute Gasteiger partial charge is 0.371 e. The zero-order chi connectivity index (χ0) is 32.9. The average Bonchev–Trinajstić information content (AvgIpc) is 3.58. The fourth-order valence-corrected chi connectivity index (χ4v) is 8.13. The number of hydrogen-bond donors (Lipinski definition) is 2. The first-order chi connectivity index (χ1) is 21.1. The maximum Gasteiger partial charge on any atom is 0.371 e. The van der Waals surface area contributed by atoms with Crippen molar-refractivity contribution in [1.82, 2.24) is 0 Å². The third kappa shape index (κ3) is 5.72. The highest BCUT2D eigenvalue weighted by Crippen LogP contribution is 2.65. The second kappa shape index (κ2) is 11.9. The van der Waals surface area contributed by atoms with Crippen LogP contribution in [0, 0.1) is 13.8 Å². The monoisotopic (exact) mass is 684 g/mol. The van der Waals surface area contributed by atoms with Gasteiger partial charge in [0, 0.05) is 69.0 Å². The van der Waals surface area contributed by atoms with Crippen LogP contribution in [0.3, 0.4) is 0 Å². The molecular weight excluding hydrogens is 655 g/mol. The van der Waals surface area contributed by atoms with Crippen molar-refractivity contribution in [2.45, 2.75) is 44.4 Å².